The molecule has 34 heavy (non-hydrogen) atoms. The summed E-state index contributed by atoms with van der Waals surface area (Å²) in [5.41, 5.74) is 4.18. The number of benzene rings is 4. The maximum absolute atomic E-state index is 3.59. The Morgan fingerprint density at radius 3 is 0.647 bits per heavy atom. The summed E-state index contributed by atoms with van der Waals surface area (Å²) in [6.07, 6.45) is 9.46. The minimum atomic E-state index is -0.365. The van der Waals surface area contributed by atoms with E-state index in [1.165, 1.54) is 22.3 Å². The fourth-order valence-electron chi connectivity index (χ4n) is 4.64. The van der Waals surface area contributed by atoms with Crippen LogP contribution in [0.1, 0.15) is 22.3 Å². The quantitative estimate of drug-likeness (QED) is 0.186. The Bertz CT molecular complexity index is 1130. The van der Waals surface area contributed by atoms with Gasteiger partial charge in [-0.1, -0.05) is 137 Å². The molecule has 1 aliphatic carbocycles. The van der Waals surface area contributed by atoms with Crippen molar-refractivity contribution in [2.75, 3.05) is 0 Å². The normalized spacial score (nSPS) is 15.9. The fraction of sp³-hybridized carbons (Fsp3) is 0.0667. The van der Waals surface area contributed by atoms with Crippen LogP contribution in [0.5, 0.6) is 0 Å². The first kappa shape index (κ1) is 24.0. The second-order valence-corrected chi connectivity index (χ2v) is 12.1. The van der Waals surface area contributed by atoms with E-state index in [1.54, 1.807) is 0 Å². The predicted octanol–water partition coefficient (Wildman–Crippen LogP) is 10.1. The van der Waals surface area contributed by atoms with E-state index in [4.69, 9.17) is 0 Å². The molecule has 0 aromatic heterocycles. The van der Waals surface area contributed by atoms with Gasteiger partial charge in [-0.2, -0.15) is 0 Å². The minimum absolute atomic E-state index is 0.365. The van der Waals surface area contributed by atoms with Crippen LogP contribution in [-0.2, 0) is 10.8 Å². The lowest BCUT2D eigenvalue weighted by Gasteiger charge is -2.38. The molecule has 4 aromatic carbocycles. The Kier molecular flexibility index (Phi) is 6.87. The van der Waals surface area contributed by atoms with Gasteiger partial charge >= 0.3 is 0 Å². The molecule has 0 nitrogen and oxygen atoms in total. The van der Waals surface area contributed by atoms with Crippen molar-refractivity contribution >= 4 is 63.7 Å². The Balaban J connectivity index is 1.71. The second-order valence-electron chi connectivity index (χ2n) is 8.43. The minimum Gasteiger partial charge on any atom is -0.0683 e. The van der Waals surface area contributed by atoms with Crippen molar-refractivity contribution in [3.63, 3.8) is 0 Å². The van der Waals surface area contributed by atoms with Gasteiger partial charge in [0.1, 0.15) is 0 Å². The molecule has 168 valence electrons. The Morgan fingerprint density at radius 2 is 0.471 bits per heavy atom. The predicted molar refractivity (Wildman–Crippen MR) is 156 cm³/mol. The average Bonchev–Trinajstić information content (AvgIpc) is 2.86. The molecule has 1 aliphatic rings. The van der Waals surface area contributed by atoms with Crippen LogP contribution in [-0.4, -0.2) is 0 Å². The summed E-state index contributed by atoms with van der Waals surface area (Å²) in [5.74, 6) is 0. The highest BCUT2D eigenvalue weighted by Crippen LogP contribution is 2.46. The molecule has 0 atom stereocenters. The first-order chi connectivity index (χ1) is 16.4. The number of allylic oxidation sites excluding steroid dienone is 4. The van der Waals surface area contributed by atoms with Gasteiger partial charge in [0, 0.05) is 17.9 Å². The maximum Gasteiger partial charge on any atom is 0.0563 e. The topological polar surface area (TPSA) is 0 Å². The molecular formula is C30H20Br4. The summed E-state index contributed by atoms with van der Waals surface area (Å²) < 4.78 is 4.30. The van der Waals surface area contributed by atoms with E-state index in [9.17, 15) is 0 Å². The molecule has 0 amide bonds. The van der Waals surface area contributed by atoms with Crippen molar-refractivity contribution in [3.8, 4) is 0 Å². The number of rotatable bonds is 4. The lowest BCUT2D eigenvalue weighted by molar-refractivity contribution is 0.718. The van der Waals surface area contributed by atoms with Crippen molar-refractivity contribution < 1.29 is 0 Å². The third kappa shape index (κ3) is 4.46. The van der Waals surface area contributed by atoms with Gasteiger partial charge in [-0.3, -0.25) is 0 Å². The average molecular weight is 700 g/mol. The maximum atomic E-state index is 3.59. The molecule has 0 saturated carbocycles. The van der Waals surface area contributed by atoms with Crippen LogP contribution in [0.25, 0.3) is 0 Å². The van der Waals surface area contributed by atoms with Gasteiger partial charge in [-0.25, -0.2) is 0 Å². The first-order valence-electron chi connectivity index (χ1n) is 10.9. The summed E-state index contributed by atoms with van der Waals surface area (Å²) in [5, 5.41) is 0. The van der Waals surface area contributed by atoms with Gasteiger partial charge in [0.25, 0.3) is 0 Å². The van der Waals surface area contributed by atoms with E-state index in [0.29, 0.717) is 0 Å². The lowest BCUT2D eigenvalue weighted by Crippen LogP contribution is -2.32. The molecule has 0 saturated heterocycles. The first-order valence-corrected chi connectivity index (χ1v) is 14.0. The zero-order chi connectivity index (χ0) is 23.8. The molecule has 0 unspecified atom stereocenters. The zero-order valence-corrected chi connectivity index (χ0v) is 24.4. The number of halogens is 4. The standard InChI is InChI=1S/C30H20Br4/c31-25-9-1-21(2-10-25)29(22-3-11-26(32)12-4-22)17-19-30(20-18-29,23-5-13-27(33)14-6-23)24-7-15-28(34)16-8-24/h1-20H. The lowest BCUT2D eigenvalue weighted by atomic mass is 9.64. The van der Waals surface area contributed by atoms with Crippen LogP contribution in [0.15, 0.2) is 139 Å². The van der Waals surface area contributed by atoms with Gasteiger partial charge in [0.15, 0.2) is 0 Å². The highest BCUT2D eigenvalue weighted by Gasteiger charge is 2.38. The third-order valence-electron chi connectivity index (χ3n) is 6.51. The van der Waals surface area contributed by atoms with Gasteiger partial charge in [0.05, 0.1) is 10.8 Å². The number of hydrogen-bond donors (Lipinski definition) is 0. The molecular weight excluding hydrogens is 680 g/mol. The van der Waals surface area contributed by atoms with Crippen LogP contribution in [0.2, 0.25) is 0 Å². The van der Waals surface area contributed by atoms with Gasteiger partial charge in [-0.15, -0.1) is 0 Å². The summed E-state index contributed by atoms with van der Waals surface area (Å²) >= 11 is 14.4. The van der Waals surface area contributed by atoms with Crippen LogP contribution < -0.4 is 0 Å². The Labute approximate surface area is 234 Å². The van der Waals surface area contributed by atoms with E-state index >= 15 is 0 Å². The molecule has 0 heterocycles. The molecule has 0 aliphatic heterocycles. The fourth-order valence-corrected chi connectivity index (χ4v) is 5.70. The van der Waals surface area contributed by atoms with E-state index in [2.05, 4.69) is 185 Å². The molecule has 0 spiro atoms. The zero-order valence-electron chi connectivity index (χ0n) is 18.1. The third-order valence-corrected chi connectivity index (χ3v) is 8.62. The summed E-state index contributed by atoms with van der Waals surface area (Å²) in [6.45, 7) is 0. The monoisotopic (exact) mass is 696 g/mol. The molecule has 4 heteroatoms. The van der Waals surface area contributed by atoms with E-state index < -0.39 is 0 Å². The SMILES string of the molecule is Brc1ccc(C2(c3ccc(Br)cc3)C=CC(c3ccc(Br)cc3)(c3ccc(Br)cc3)C=C2)cc1. The van der Waals surface area contributed by atoms with E-state index in [-0.39, 0.29) is 10.8 Å². The molecule has 0 N–H and O–H groups in total. The van der Waals surface area contributed by atoms with Crippen LogP contribution in [0, 0.1) is 0 Å². The van der Waals surface area contributed by atoms with Crippen molar-refractivity contribution in [3.05, 3.63) is 162 Å². The largest absolute Gasteiger partial charge is 0.0683 e. The summed E-state index contributed by atoms with van der Waals surface area (Å²) in [7, 11) is 0. The van der Waals surface area contributed by atoms with Crippen LogP contribution in [0.3, 0.4) is 0 Å². The van der Waals surface area contributed by atoms with Gasteiger partial charge < -0.3 is 0 Å². The molecule has 0 bridgehead atoms. The van der Waals surface area contributed by atoms with E-state index in [1.807, 2.05) is 0 Å². The number of hydrogen-bond acceptors (Lipinski definition) is 0. The summed E-state index contributed by atoms with van der Waals surface area (Å²) in [4.78, 5) is 0. The van der Waals surface area contributed by atoms with Gasteiger partial charge in [-0.05, 0) is 70.8 Å². The van der Waals surface area contributed by atoms with E-state index in [0.717, 1.165) is 17.9 Å². The molecule has 0 fully saturated rings. The van der Waals surface area contributed by atoms with Crippen LogP contribution >= 0.6 is 63.7 Å². The highest BCUT2D eigenvalue weighted by molar-refractivity contribution is 9.11. The molecule has 4 aromatic rings. The Morgan fingerprint density at radius 1 is 0.294 bits per heavy atom. The second kappa shape index (κ2) is 9.73. The molecule has 5 rings (SSSR count). The smallest absolute Gasteiger partial charge is 0.0563 e. The van der Waals surface area contributed by atoms with Crippen molar-refractivity contribution in [1.82, 2.24) is 0 Å². The molecule has 0 radical (unpaired) electrons. The summed E-state index contributed by atoms with van der Waals surface area (Å²) in [6, 6.07) is 34.5. The van der Waals surface area contributed by atoms with Gasteiger partial charge in [0.2, 0.25) is 0 Å². The highest BCUT2D eigenvalue weighted by atomic mass is 79.9. The van der Waals surface area contributed by atoms with Crippen molar-refractivity contribution in [2.24, 2.45) is 0 Å². The Hall–Kier alpha value is -1.72. The van der Waals surface area contributed by atoms with Crippen molar-refractivity contribution in [1.29, 1.82) is 0 Å². The van der Waals surface area contributed by atoms with Crippen LogP contribution in [0.4, 0.5) is 0 Å². The van der Waals surface area contributed by atoms with Crippen molar-refractivity contribution in [2.45, 2.75) is 10.8 Å².